The first-order valence-corrected chi connectivity index (χ1v) is 7.37. The van der Waals surface area contributed by atoms with Crippen molar-refractivity contribution in [3.05, 3.63) is 35.5 Å². The van der Waals surface area contributed by atoms with E-state index in [9.17, 15) is 8.78 Å². The molecular weight excluding hydrogens is 272 g/mol. The Morgan fingerprint density at radius 2 is 2.05 bits per heavy atom. The van der Waals surface area contributed by atoms with Crippen LogP contribution in [-0.4, -0.2) is 10.2 Å². The SMILES string of the molecule is CCCCC(CC)c1[nH]nc(N)c1-c1ccc(F)cc1F. The second kappa shape index (κ2) is 6.70. The third-order valence-corrected chi connectivity index (χ3v) is 3.83. The summed E-state index contributed by atoms with van der Waals surface area (Å²) in [6, 6.07) is 3.53. The highest BCUT2D eigenvalue weighted by Gasteiger charge is 2.22. The van der Waals surface area contributed by atoms with Gasteiger partial charge in [0.2, 0.25) is 0 Å². The molecule has 0 saturated heterocycles. The molecule has 0 amide bonds. The van der Waals surface area contributed by atoms with Gasteiger partial charge in [-0.25, -0.2) is 8.78 Å². The quantitative estimate of drug-likeness (QED) is 0.816. The average Bonchev–Trinajstić information content (AvgIpc) is 2.82. The number of nitrogens with zero attached hydrogens (tertiary/aromatic N) is 1. The number of aromatic nitrogens is 2. The minimum atomic E-state index is -0.616. The monoisotopic (exact) mass is 293 g/mol. The minimum Gasteiger partial charge on any atom is -0.382 e. The topological polar surface area (TPSA) is 54.7 Å². The summed E-state index contributed by atoms with van der Waals surface area (Å²) in [4.78, 5) is 0. The summed E-state index contributed by atoms with van der Waals surface area (Å²) in [6.07, 6.45) is 4.09. The molecule has 1 unspecified atom stereocenters. The van der Waals surface area contributed by atoms with Crippen molar-refractivity contribution in [1.29, 1.82) is 0 Å². The van der Waals surface area contributed by atoms with Gasteiger partial charge in [0, 0.05) is 28.8 Å². The summed E-state index contributed by atoms with van der Waals surface area (Å²) in [7, 11) is 0. The molecule has 3 N–H and O–H groups in total. The molecule has 1 aromatic carbocycles. The van der Waals surface area contributed by atoms with Gasteiger partial charge in [-0.05, 0) is 25.0 Å². The van der Waals surface area contributed by atoms with E-state index in [2.05, 4.69) is 24.0 Å². The molecule has 0 saturated carbocycles. The second-order valence-electron chi connectivity index (χ2n) is 5.27. The number of anilines is 1. The lowest BCUT2D eigenvalue weighted by Gasteiger charge is -2.15. The van der Waals surface area contributed by atoms with Crippen LogP contribution in [0.25, 0.3) is 11.1 Å². The van der Waals surface area contributed by atoms with E-state index in [1.165, 1.54) is 12.1 Å². The van der Waals surface area contributed by atoms with Gasteiger partial charge in [0.15, 0.2) is 5.82 Å². The van der Waals surface area contributed by atoms with Gasteiger partial charge in [-0.2, -0.15) is 5.10 Å². The van der Waals surface area contributed by atoms with Gasteiger partial charge in [-0.1, -0.05) is 26.7 Å². The van der Waals surface area contributed by atoms with Crippen molar-refractivity contribution in [3.63, 3.8) is 0 Å². The smallest absolute Gasteiger partial charge is 0.153 e. The van der Waals surface area contributed by atoms with Crippen LogP contribution in [0.4, 0.5) is 14.6 Å². The molecule has 0 aliphatic heterocycles. The molecule has 0 aliphatic rings. The van der Waals surface area contributed by atoms with Crippen LogP contribution in [0.2, 0.25) is 0 Å². The van der Waals surface area contributed by atoms with Crippen LogP contribution < -0.4 is 5.73 Å². The predicted molar refractivity (Wildman–Crippen MR) is 80.9 cm³/mol. The van der Waals surface area contributed by atoms with E-state index in [1.807, 2.05) is 0 Å². The van der Waals surface area contributed by atoms with Crippen molar-refractivity contribution in [2.75, 3.05) is 5.73 Å². The van der Waals surface area contributed by atoms with Crippen molar-refractivity contribution in [2.45, 2.75) is 45.4 Å². The predicted octanol–water partition coefficient (Wildman–Crippen LogP) is 4.62. The summed E-state index contributed by atoms with van der Waals surface area (Å²) in [6.45, 7) is 4.22. The fourth-order valence-corrected chi connectivity index (χ4v) is 2.64. The van der Waals surface area contributed by atoms with Crippen LogP contribution in [-0.2, 0) is 0 Å². The largest absolute Gasteiger partial charge is 0.382 e. The summed E-state index contributed by atoms with van der Waals surface area (Å²) in [5.74, 6) is -0.716. The first-order valence-electron chi connectivity index (χ1n) is 7.37. The van der Waals surface area contributed by atoms with E-state index in [4.69, 9.17) is 5.73 Å². The van der Waals surface area contributed by atoms with Crippen molar-refractivity contribution in [2.24, 2.45) is 0 Å². The molecular formula is C16H21F2N3. The van der Waals surface area contributed by atoms with E-state index in [1.54, 1.807) is 0 Å². The Morgan fingerprint density at radius 1 is 1.29 bits per heavy atom. The lowest BCUT2D eigenvalue weighted by Crippen LogP contribution is -2.01. The van der Waals surface area contributed by atoms with E-state index in [0.717, 1.165) is 37.4 Å². The molecule has 1 aromatic heterocycles. The number of aromatic amines is 1. The summed E-state index contributed by atoms with van der Waals surface area (Å²) >= 11 is 0. The first-order chi connectivity index (χ1) is 10.1. The van der Waals surface area contributed by atoms with Crippen LogP contribution >= 0.6 is 0 Å². The highest BCUT2D eigenvalue weighted by atomic mass is 19.1. The Labute approximate surface area is 123 Å². The molecule has 0 spiro atoms. The van der Waals surface area contributed by atoms with Gasteiger partial charge in [-0.3, -0.25) is 5.10 Å². The van der Waals surface area contributed by atoms with Crippen LogP contribution in [0.1, 0.15) is 51.1 Å². The molecule has 1 atom stereocenters. The van der Waals surface area contributed by atoms with Gasteiger partial charge in [0.05, 0.1) is 0 Å². The molecule has 0 fully saturated rings. The fraction of sp³-hybridized carbons (Fsp3) is 0.438. The summed E-state index contributed by atoms with van der Waals surface area (Å²) in [5, 5.41) is 6.96. The van der Waals surface area contributed by atoms with E-state index < -0.39 is 11.6 Å². The number of H-pyrrole nitrogens is 1. The Balaban J connectivity index is 2.46. The zero-order valence-corrected chi connectivity index (χ0v) is 12.4. The highest BCUT2D eigenvalue weighted by Crippen LogP contribution is 2.37. The molecule has 1 heterocycles. The minimum absolute atomic E-state index is 0.245. The van der Waals surface area contributed by atoms with Crippen molar-refractivity contribution in [3.8, 4) is 11.1 Å². The number of rotatable bonds is 6. The standard InChI is InChI=1S/C16H21F2N3/c1-3-5-6-10(4-2)15-14(16(19)21-20-15)12-8-7-11(17)9-13(12)18/h7-10H,3-6H2,1-2H3,(H3,19,20,21). The van der Waals surface area contributed by atoms with Crippen LogP contribution in [0.5, 0.6) is 0 Å². The molecule has 114 valence electrons. The van der Waals surface area contributed by atoms with Crippen LogP contribution in [0, 0.1) is 11.6 Å². The third kappa shape index (κ3) is 3.23. The molecule has 2 rings (SSSR count). The number of hydrogen-bond donors (Lipinski definition) is 2. The highest BCUT2D eigenvalue weighted by molar-refractivity contribution is 5.77. The number of nitrogens with two attached hydrogens (primary N) is 1. The maximum Gasteiger partial charge on any atom is 0.153 e. The van der Waals surface area contributed by atoms with Gasteiger partial charge in [0.1, 0.15) is 11.6 Å². The lowest BCUT2D eigenvalue weighted by atomic mass is 9.90. The van der Waals surface area contributed by atoms with Crippen molar-refractivity contribution < 1.29 is 8.78 Å². The molecule has 2 aromatic rings. The molecule has 0 aliphatic carbocycles. The Kier molecular flexibility index (Phi) is 4.94. The lowest BCUT2D eigenvalue weighted by molar-refractivity contribution is 0.556. The maximum atomic E-state index is 14.1. The number of benzene rings is 1. The van der Waals surface area contributed by atoms with Gasteiger partial charge in [0.25, 0.3) is 0 Å². The molecule has 5 heteroatoms. The van der Waals surface area contributed by atoms with Crippen LogP contribution in [0.3, 0.4) is 0 Å². The average molecular weight is 293 g/mol. The van der Waals surface area contributed by atoms with Gasteiger partial charge < -0.3 is 5.73 Å². The molecule has 0 bridgehead atoms. The van der Waals surface area contributed by atoms with E-state index >= 15 is 0 Å². The number of nitrogen functional groups attached to an aromatic ring is 1. The zero-order chi connectivity index (χ0) is 15.4. The molecule has 3 nitrogen and oxygen atoms in total. The third-order valence-electron chi connectivity index (χ3n) is 3.83. The second-order valence-corrected chi connectivity index (χ2v) is 5.27. The van der Waals surface area contributed by atoms with Crippen molar-refractivity contribution >= 4 is 5.82 Å². The number of unbranched alkanes of at least 4 members (excludes halogenated alkanes) is 1. The summed E-state index contributed by atoms with van der Waals surface area (Å²) in [5.41, 5.74) is 7.60. The van der Waals surface area contributed by atoms with Crippen LogP contribution in [0.15, 0.2) is 18.2 Å². The Hall–Kier alpha value is -1.91. The first kappa shape index (κ1) is 15.5. The zero-order valence-electron chi connectivity index (χ0n) is 12.4. The van der Waals surface area contributed by atoms with Gasteiger partial charge >= 0.3 is 0 Å². The molecule has 0 radical (unpaired) electrons. The maximum absolute atomic E-state index is 14.1. The summed E-state index contributed by atoms with van der Waals surface area (Å²) < 4.78 is 27.1. The number of nitrogens with one attached hydrogen (secondary N) is 1. The fourth-order valence-electron chi connectivity index (χ4n) is 2.64. The number of halogens is 2. The Morgan fingerprint density at radius 3 is 2.67 bits per heavy atom. The van der Waals surface area contributed by atoms with Crippen molar-refractivity contribution in [1.82, 2.24) is 10.2 Å². The normalized spacial score (nSPS) is 12.6. The van der Waals surface area contributed by atoms with E-state index in [0.29, 0.717) is 11.1 Å². The van der Waals surface area contributed by atoms with E-state index in [-0.39, 0.29) is 11.7 Å². The molecule has 21 heavy (non-hydrogen) atoms. The van der Waals surface area contributed by atoms with Gasteiger partial charge in [-0.15, -0.1) is 0 Å². The Bertz CT molecular complexity index is 608. The number of hydrogen-bond acceptors (Lipinski definition) is 2.